The SMILES string of the molecule is CC(C)(O)C(=O)c1ccc(OCCOC(=O)CC(=O)NCCNC(=O)CC(=O)CCOc2ccc(C(=O)C(C)(C)O)cc2)cc1. The molecule has 0 saturated carbocycles. The van der Waals surface area contributed by atoms with Crippen molar-refractivity contribution in [3.63, 3.8) is 0 Å². The van der Waals surface area contributed by atoms with Gasteiger partial charge in [-0.3, -0.25) is 28.8 Å². The van der Waals surface area contributed by atoms with E-state index in [2.05, 4.69) is 10.6 Å². The number of benzene rings is 2. The highest BCUT2D eigenvalue weighted by Gasteiger charge is 2.26. The van der Waals surface area contributed by atoms with Crippen LogP contribution in [0.4, 0.5) is 0 Å². The topological polar surface area (TPSA) is 195 Å². The fraction of sp³-hybridized carbons (Fsp3) is 0.438. The van der Waals surface area contributed by atoms with Crippen LogP contribution in [-0.2, 0) is 23.9 Å². The summed E-state index contributed by atoms with van der Waals surface area (Å²) < 4.78 is 15.9. The highest BCUT2D eigenvalue weighted by molar-refractivity contribution is 6.02. The van der Waals surface area contributed by atoms with Crippen molar-refractivity contribution in [3.8, 4) is 11.5 Å². The smallest absolute Gasteiger partial charge is 0.315 e. The number of carbonyl (C=O) groups excluding carboxylic acids is 6. The minimum atomic E-state index is -1.49. The lowest BCUT2D eigenvalue weighted by Crippen LogP contribution is -2.36. The first-order chi connectivity index (χ1) is 21.1. The van der Waals surface area contributed by atoms with Crippen LogP contribution in [0.25, 0.3) is 0 Å². The van der Waals surface area contributed by atoms with Crippen molar-refractivity contribution in [2.45, 2.75) is 58.2 Å². The zero-order valence-corrected chi connectivity index (χ0v) is 25.8. The highest BCUT2D eigenvalue weighted by Crippen LogP contribution is 2.18. The normalized spacial score (nSPS) is 11.2. The molecular weight excluding hydrogens is 588 g/mol. The summed E-state index contributed by atoms with van der Waals surface area (Å²) in [5.74, 6) is -2.25. The summed E-state index contributed by atoms with van der Waals surface area (Å²) in [5.41, 5.74) is -2.33. The van der Waals surface area contributed by atoms with E-state index in [4.69, 9.17) is 14.2 Å². The van der Waals surface area contributed by atoms with E-state index in [1.807, 2.05) is 0 Å². The number of ketones is 3. The number of hydrogen-bond donors (Lipinski definition) is 4. The van der Waals surface area contributed by atoms with Crippen molar-refractivity contribution in [3.05, 3.63) is 59.7 Å². The van der Waals surface area contributed by atoms with Gasteiger partial charge in [0.25, 0.3) is 0 Å². The van der Waals surface area contributed by atoms with E-state index in [1.165, 1.54) is 52.0 Å². The molecule has 0 aromatic heterocycles. The van der Waals surface area contributed by atoms with E-state index in [0.717, 1.165) is 0 Å². The molecule has 0 unspecified atom stereocenters. The van der Waals surface area contributed by atoms with Crippen LogP contribution >= 0.6 is 0 Å². The molecule has 0 spiro atoms. The molecule has 244 valence electrons. The second-order valence-electron chi connectivity index (χ2n) is 11.1. The molecule has 0 fully saturated rings. The van der Waals surface area contributed by atoms with Crippen LogP contribution in [-0.4, -0.2) is 89.5 Å². The number of hydrogen-bond acceptors (Lipinski definition) is 11. The van der Waals surface area contributed by atoms with Gasteiger partial charge in [-0.25, -0.2) is 0 Å². The molecule has 4 N–H and O–H groups in total. The lowest BCUT2D eigenvalue weighted by atomic mass is 9.97. The van der Waals surface area contributed by atoms with Crippen LogP contribution < -0.4 is 20.1 Å². The third kappa shape index (κ3) is 13.7. The largest absolute Gasteiger partial charge is 0.493 e. The van der Waals surface area contributed by atoms with Gasteiger partial charge < -0.3 is 35.1 Å². The summed E-state index contributed by atoms with van der Waals surface area (Å²) in [7, 11) is 0. The van der Waals surface area contributed by atoms with Gasteiger partial charge in [-0.2, -0.15) is 0 Å². The van der Waals surface area contributed by atoms with Crippen LogP contribution in [0.3, 0.4) is 0 Å². The standard InChI is InChI=1S/C32H40N2O11/c1-31(2,41)29(39)21-5-9-24(10-6-21)43-16-13-23(35)19-26(36)33-14-15-34-27(37)20-28(38)45-18-17-44-25-11-7-22(8-12-25)30(40)32(3,4)42/h5-12,41-42H,13-20H2,1-4H3,(H,33,36)(H,34,37). The Kier molecular flexibility index (Phi) is 13.8. The van der Waals surface area contributed by atoms with Crippen molar-refractivity contribution in [2.75, 3.05) is 32.9 Å². The number of esters is 1. The molecule has 0 saturated heterocycles. The maximum Gasteiger partial charge on any atom is 0.315 e. The third-order valence-electron chi connectivity index (χ3n) is 6.04. The third-order valence-corrected chi connectivity index (χ3v) is 6.04. The van der Waals surface area contributed by atoms with Crippen molar-refractivity contribution in [1.82, 2.24) is 10.6 Å². The summed E-state index contributed by atoms with van der Waals surface area (Å²) >= 11 is 0. The van der Waals surface area contributed by atoms with Crippen molar-refractivity contribution < 1.29 is 53.2 Å². The fourth-order valence-electron chi connectivity index (χ4n) is 3.69. The summed E-state index contributed by atoms with van der Waals surface area (Å²) in [6.45, 7) is 5.61. The van der Waals surface area contributed by atoms with Gasteiger partial charge in [-0.05, 0) is 76.2 Å². The minimum absolute atomic E-state index is 0.0158. The molecule has 13 nitrogen and oxygen atoms in total. The molecule has 0 aliphatic heterocycles. The molecule has 2 rings (SSSR count). The van der Waals surface area contributed by atoms with Gasteiger partial charge in [0.2, 0.25) is 11.8 Å². The van der Waals surface area contributed by atoms with Crippen molar-refractivity contribution in [1.29, 1.82) is 0 Å². The van der Waals surface area contributed by atoms with Gasteiger partial charge in [0.1, 0.15) is 48.1 Å². The average molecular weight is 629 g/mol. The Morgan fingerprint density at radius 2 is 1.04 bits per heavy atom. The summed E-state index contributed by atoms with van der Waals surface area (Å²) in [5, 5.41) is 24.6. The Labute approximate surface area is 261 Å². The quantitative estimate of drug-likeness (QED) is 0.0763. The zero-order valence-electron chi connectivity index (χ0n) is 25.8. The van der Waals surface area contributed by atoms with E-state index in [0.29, 0.717) is 22.6 Å². The monoisotopic (exact) mass is 628 g/mol. The van der Waals surface area contributed by atoms with Crippen LogP contribution in [0.2, 0.25) is 0 Å². The number of rotatable bonds is 19. The van der Waals surface area contributed by atoms with Crippen molar-refractivity contribution in [2.24, 2.45) is 0 Å². The Morgan fingerprint density at radius 3 is 1.49 bits per heavy atom. The first-order valence-corrected chi connectivity index (χ1v) is 14.3. The van der Waals surface area contributed by atoms with Gasteiger partial charge in [0, 0.05) is 30.6 Å². The fourth-order valence-corrected chi connectivity index (χ4v) is 3.69. The Balaban J connectivity index is 1.53. The molecule has 2 aromatic rings. The van der Waals surface area contributed by atoms with E-state index in [1.54, 1.807) is 24.3 Å². The predicted octanol–water partition coefficient (Wildman–Crippen LogP) is 1.57. The average Bonchev–Trinajstić information content (AvgIpc) is 2.96. The zero-order chi connectivity index (χ0) is 33.6. The van der Waals surface area contributed by atoms with Gasteiger partial charge >= 0.3 is 5.97 Å². The van der Waals surface area contributed by atoms with Crippen LogP contribution in [0.1, 0.15) is 67.7 Å². The van der Waals surface area contributed by atoms with E-state index in [-0.39, 0.29) is 51.5 Å². The molecule has 0 bridgehead atoms. The maximum absolute atomic E-state index is 12.1. The van der Waals surface area contributed by atoms with E-state index >= 15 is 0 Å². The molecule has 0 atom stereocenters. The minimum Gasteiger partial charge on any atom is -0.493 e. The first kappa shape index (κ1) is 36.6. The highest BCUT2D eigenvalue weighted by atomic mass is 16.6. The van der Waals surface area contributed by atoms with Crippen LogP contribution in [0.5, 0.6) is 11.5 Å². The second kappa shape index (κ2) is 17.0. The number of ether oxygens (including phenoxy) is 3. The van der Waals surface area contributed by atoms with E-state index < -0.39 is 47.0 Å². The molecule has 13 heteroatoms. The molecule has 2 amide bonds. The lowest BCUT2D eigenvalue weighted by molar-refractivity contribution is -0.147. The molecular formula is C32H40N2O11. The molecule has 0 heterocycles. The maximum atomic E-state index is 12.1. The number of carbonyl (C=O) groups is 6. The Morgan fingerprint density at radius 1 is 0.622 bits per heavy atom. The van der Waals surface area contributed by atoms with E-state index in [9.17, 15) is 39.0 Å². The number of amides is 2. The molecule has 0 aliphatic rings. The summed E-state index contributed by atoms with van der Waals surface area (Å²) in [6.07, 6.45) is -0.912. The summed E-state index contributed by atoms with van der Waals surface area (Å²) in [6, 6.07) is 12.2. The molecule has 45 heavy (non-hydrogen) atoms. The van der Waals surface area contributed by atoms with Crippen molar-refractivity contribution >= 4 is 35.1 Å². The Bertz CT molecular complexity index is 1340. The molecule has 0 aliphatic carbocycles. The Hall–Kier alpha value is -4.62. The number of Topliss-reactive ketones (excluding diaryl/α,β-unsaturated/α-hetero) is 3. The lowest BCUT2D eigenvalue weighted by Gasteiger charge is -2.15. The number of nitrogens with one attached hydrogen (secondary N) is 2. The van der Waals surface area contributed by atoms with Crippen LogP contribution in [0, 0.1) is 0 Å². The van der Waals surface area contributed by atoms with Gasteiger partial charge in [-0.1, -0.05) is 0 Å². The predicted molar refractivity (Wildman–Crippen MR) is 161 cm³/mol. The van der Waals surface area contributed by atoms with Gasteiger partial charge in [0.05, 0.1) is 13.0 Å². The summed E-state index contributed by atoms with van der Waals surface area (Å²) in [4.78, 5) is 71.9. The molecule has 0 radical (unpaired) electrons. The van der Waals surface area contributed by atoms with Gasteiger partial charge in [0.15, 0.2) is 11.6 Å². The first-order valence-electron chi connectivity index (χ1n) is 14.3. The molecule has 2 aromatic carbocycles. The van der Waals surface area contributed by atoms with Crippen LogP contribution in [0.15, 0.2) is 48.5 Å². The second-order valence-corrected chi connectivity index (χ2v) is 11.1. The van der Waals surface area contributed by atoms with Gasteiger partial charge in [-0.15, -0.1) is 0 Å². The number of aliphatic hydroxyl groups is 2.